The van der Waals surface area contributed by atoms with Crippen LogP contribution in [0.2, 0.25) is 5.02 Å². The van der Waals surface area contributed by atoms with Gasteiger partial charge in [0.15, 0.2) is 0 Å². The molecule has 0 saturated carbocycles. The normalized spacial score (nSPS) is 11.9. The number of likely N-dealkylation sites (N-methyl/N-ethyl adjacent to an activating group) is 1. The molecule has 0 aliphatic heterocycles. The topological polar surface area (TPSA) is 24.5 Å². The number of nitrogens with one attached hydrogen (secondary N) is 1. The number of halogens is 1. The second-order valence-electron chi connectivity index (χ2n) is 5.98. The first-order valence-corrected chi connectivity index (χ1v) is 6.97. The summed E-state index contributed by atoms with van der Waals surface area (Å²) in [5.74, 6) is 0.794. The van der Waals surface area contributed by atoms with E-state index in [0.717, 1.165) is 24.4 Å². The highest BCUT2D eigenvalue weighted by atomic mass is 35.5. The van der Waals surface area contributed by atoms with Crippen LogP contribution in [-0.4, -0.2) is 37.7 Å². The zero-order valence-corrected chi connectivity index (χ0v) is 13.3. The number of para-hydroxylation sites is 1. The minimum atomic E-state index is 0.0726. The summed E-state index contributed by atoms with van der Waals surface area (Å²) in [6.45, 7) is 8.69. The molecule has 0 radical (unpaired) electrons. The number of ether oxygens (including phenoxy) is 1. The van der Waals surface area contributed by atoms with Crippen molar-refractivity contribution >= 4 is 11.6 Å². The van der Waals surface area contributed by atoms with Gasteiger partial charge in [-0.15, -0.1) is 0 Å². The average Bonchev–Trinajstić information content (AvgIpc) is 2.27. The van der Waals surface area contributed by atoms with E-state index >= 15 is 0 Å². The maximum Gasteiger partial charge on any atom is 0.142 e. The van der Waals surface area contributed by atoms with Gasteiger partial charge >= 0.3 is 0 Å². The van der Waals surface area contributed by atoms with Gasteiger partial charge in [0.1, 0.15) is 12.4 Å². The third-order valence-electron chi connectivity index (χ3n) is 2.64. The lowest BCUT2D eigenvalue weighted by atomic mass is 10.1. The van der Waals surface area contributed by atoms with E-state index in [4.69, 9.17) is 16.3 Å². The van der Waals surface area contributed by atoms with E-state index in [1.54, 1.807) is 0 Å². The second-order valence-corrected chi connectivity index (χ2v) is 6.39. The highest BCUT2D eigenvalue weighted by molar-refractivity contribution is 6.32. The number of rotatable bonds is 6. The van der Waals surface area contributed by atoms with E-state index in [0.29, 0.717) is 11.6 Å². The Bertz CT molecular complexity index is 400. The van der Waals surface area contributed by atoms with E-state index in [-0.39, 0.29) is 5.54 Å². The Hall–Kier alpha value is -0.770. The first-order chi connectivity index (χ1) is 8.79. The van der Waals surface area contributed by atoms with Gasteiger partial charge in [0.2, 0.25) is 0 Å². The molecule has 0 fully saturated rings. The molecule has 0 aliphatic carbocycles. The molecule has 4 heteroatoms. The van der Waals surface area contributed by atoms with Crippen molar-refractivity contribution in [2.24, 2.45) is 0 Å². The van der Waals surface area contributed by atoms with Gasteiger partial charge < -0.3 is 15.0 Å². The monoisotopic (exact) mass is 284 g/mol. The zero-order chi connectivity index (χ0) is 14.5. The SMILES string of the molecule is CN(C)CCOc1c(Cl)cccc1CNC(C)(C)C. The fraction of sp³-hybridized carbons (Fsp3) is 0.600. The van der Waals surface area contributed by atoms with Crippen molar-refractivity contribution in [1.29, 1.82) is 0 Å². The Labute approximate surface area is 121 Å². The highest BCUT2D eigenvalue weighted by Gasteiger charge is 2.13. The van der Waals surface area contributed by atoms with Crippen molar-refractivity contribution in [3.63, 3.8) is 0 Å². The Morgan fingerprint density at radius 1 is 1.26 bits per heavy atom. The third kappa shape index (κ3) is 6.28. The van der Waals surface area contributed by atoms with Crippen molar-refractivity contribution < 1.29 is 4.74 Å². The molecule has 3 nitrogen and oxygen atoms in total. The largest absolute Gasteiger partial charge is 0.490 e. The van der Waals surface area contributed by atoms with Gasteiger partial charge in [-0.2, -0.15) is 0 Å². The van der Waals surface area contributed by atoms with Crippen molar-refractivity contribution in [3.8, 4) is 5.75 Å². The maximum atomic E-state index is 6.23. The summed E-state index contributed by atoms with van der Waals surface area (Å²) in [6.07, 6.45) is 0. The number of nitrogens with zero attached hydrogens (tertiary/aromatic N) is 1. The van der Waals surface area contributed by atoms with Crippen LogP contribution in [0.25, 0.3) is 0 Å². The zero-order valence-electron chi connectivity index (χ0n) is 12.6. The molecule has 0 atom stereocenters. The van der Waals surface area contributed by atoms with Gasteiger partial charge in [-0.1, -0.05) is 23.7 Å². The van der Waals surface area contributed by atoms with E-state index < -0.39 is 0 Å². The van der Waals surface area contributed by atoms with Crippen LogP contribution < -0.4 is 10.1 Å². The molecule has 1 aromatic rings. The fourth-order valence-corrected chi connectivity index (χ4v) is 1.79. The van der Waals surface area contributed by atoms with E-state index in [1.165, 1.54) is 0 Å². The lowest BCUT2D eigenvalue weighted by molar-refractivity contribution is 0.258. The van der Waals surface area contributed by atoms with Crippen molar-refractivity contribution in [1.82, 2.24) is 10.2 Å². The maximum absolute atomic E-state index is 6.23. The fourth-order valence-electron chi connectivity index (χ4n) is 1.55. The van der Waals surface area contributed by atoms with Crippen LogP contribution in [0.1, 0.15) is 26.3 Å². The van der Waals surface area contributed by atoms with Crippen LogP contribution in [0.3, 0.4) is 0 Å². The molecular formula is C15H25ClN2O. The molecule has 0 bridgehead atoms. The minimum Gasteiger partial charge on any atom is -0.490 e. The van der Waals surface area contributed by atoms with Crippen molar-refractivity contribution in [2.75, 3.05) is 27.2 Å². The summed E-state index contributed by atoms with van der Waals surface area (Å²) in [4.78, 5) is 2.09. The summed E-state index contributed by atoms with van der Waals surface area (Å²) < 4.78 is 5.83. The van der Waals surface area contributed by atoms with Crippen LogP contribution in [0, 0.1) is 0 Å². The highest BCUT2D eigenvalue weighted by Crippen LogP contribution is 2.29. The summed E-state index contributed by atoms with van der Waals surface area (Å²) in [6, 6.07) is 5.88. The lowest BCUT2D eigenvalue weighted by Gasteiger charge is -2.22. The van der Waals surface area contributed by atoms with Crippen LogP contribution in [0.15, 0.2) is 18.2 Å². The molecule has 0 aliphatic rings. The number of benzene rings is 1. The van der Waals surface area contributed by atoms with Gasteiger partial charge in [0.05, 0.1) is 5.02 Å². The Kier molecular flexibility index (Phi) is 6.11. The van der Waals surface area contributed by atoms with Crippen molar-refractivity contribution in [3.05, 3.63) is 28.8 Å². The molecule has 1 N–H and O–H groups in total. The molecule has 19 heavy (non-hydrogen) atoms. The molecule has 0 amide bonds. The molecule has 1 rings (SSSR count). The van der Waals surface area contributed by atoms with Crippen molar-refractivity contribution in [2.45, 2.75) is 32.9 Å². The predicted molar refractivity (Wildman–Crippen MR) is 82.1 cm³/mol. The molecule has 0 heterocycles. The summed E-state index contributed by atoms with van der Waals surface area (Å²) in [5, 5.41) is 4.13. The van der Waals surface area contributed by atoms with E-state index in [9.17, 15) is 0 Å². The van der Waals surface area contributed by atoms with Gasteiger partial charge in [0, 0.05) is 24.2 Å². The average molecular weight is 285 g/mol. The van der Waals surface area contributed by atoms with Gasteiger partial charge in [-0.05, 0) is 40.9 Å². The van der Waals surface area contributed by atoms with Crippen LogP contribution in [-0.2, 0) is 6.54 Å². The molecular weight excluding hydrogens is 260 g/mol. The predicted octanol–water partition coefficient (Wildman–Crippen LogP) is 3.17. The Morgan fingerprint density at radius 2 is 1.95 bits per heavy atom. The molecule has 0 aromatic heterocycles. The second kappa shape index (κ2) is 7.13. The summed E-state index contributed by atoms with van der Waals surface area (Å²) in [5.41, 5.74) is 1.17. The smallest absolute Gasteiger partial charge is 0.142 e. The third-order valence-corrected chi connectivity index (χ3v) is 2.94. The molecule has 108 valence electrons. The van der Waals surface area contributed by atoms with Gasteiger partial charge in [-0.3, -0.25) is 0 Å². The van der Waals surface area contributed by atoms with Crippen LogP contribution >= 0.6 is 11.6 Å². The van der Waals surface area contributed by atoms with E-state index in [2.05, 4.69) is 37.1 Å². The number of hydrogen-bond acceptors (Lipinski definition) is 3. The van der Waals surface area contributed by atoms with E-state index in [1.807, 2.05) is 26.2 Å². The van der Waals surface area contributed by atoms with Crippen LogP contribution in [0.4, 0.5) is 0 Å². The minimum absolute atomic E-state index is 0.0726. The molecule has 0 saturated heterocycles. The Morgan fingerprint density at radius 3 is 2.53 bits per heavy atom. The Balaban J connectivity index is 2.71. The standard InChI is InChI=1S/C15H25ClN2O/c1-15(2,3)17-11-12-7-6-8-13(16)14(12)19-10-9-18(4)5/h6-8,17H,9-11H2,1-5H3. The number of hydrogen-bond donors (Lipinski definition) is 1. The molecule has 1 aromatic carbocycles. The van der Waals surface area contributed by atoms with Gasteiger partial charge in [-0.25, -0.2) is 0 Å². The van der Waals surface area contributed by atoms with Gasteiger partial charge in [0.25, 0.3) is 0 Å². The first-order valence-electron chi connectivity index (χ1n) is 6.59. The molecule has 0 unspecified atom stereocenters. The van der Waals surface area contributed by atoms with Crippen LogP contribution in [0.5, 0.6) is 5.75 Å². The molecule has 0 spiro atoms. The first kappa shape index (κ1) is 16.3. The summed E-state index contributed by atoms with van der Waals surface area (Å²) in [7, 11) is 4.05. The quantitative estimate of drug-likeness (QED) is 0.868. The summed E-state index contributed by atoms with van der Waals surface area (Å²) >= 11 is 6.23. The lowest BCUT2D eigenvalue weighted by Crippen LogP contribution is -2.35.